The average molecular weight is 133 g/mol. The minimum atomic E-state index is -0.719. The quantitative estimate of drug-likeness (QED) is 0.614. The molecule has 0 aliphatic carbocycles. The predicted octanol–water partition coefficient (Wildman–Crippen LogP) is 1.59. The van der Waals surface area contributed by atoms with E-state index in [0.717, 1.165) is 6.54 Å². The van der Waals surface area contributed by atoms with E-state index in [9.17, 15) is 4.39 Å². The zero-order chi connectivity index (χ0) is 7.28. The van der Waals surface area contributed by atoms with Gasteiger partial charge in [0.1, 0.15) is 6.17 Å². The van der Waals surface area contributed by atoms with E-state index in [1.54, 1.807) is 6.92 Å². The van der Waals surface area contributed by atoms with Crippen LogP contribution in [0.5, 0.6) is 0 Å². The summed E-state index contributed by atoms with van der Waals surface area (Å²) in [6, 6.07) is 0. The maximum Gasteiger partial charge on any atom is 0.110 e. The van der Waals surface area contributed by atoms with E-state index in [2.05, 4.69) is 19.2 Å². The molecule has 1 atom stereocenters. The zero-order valence-corrected chi connectivity index (χ0v) is 6.45. The van der Waals surface area contributed by atoms with Crippen molar-refractivity contribution >= 4 is 0 Å². The molecule has 0 rings (SSSR count). The summed E-state index contributed by atoms with van der Waals surface area (Å²) in [6.45, 7) is 7.17. The van der Waals surface area contributed by atoms with Crippen LogP contribution in [-0.2, 0) is 0 Å². The molecule has 2 heteroatoms. The molecule has 0 heterocycles. The fraction of sp³-hybridized carbons (Fsp3) is 1.00. The first-order valence-corrected chi connectivity index (χ1v) is 3.47. The normalized spacial score (nSPS) is 14.3. The molecular weight excluding hydrogens is 117 g/mol. The van der Waals surface area contributed by atoms with Gasteiger partial charge in [0.2, 0.25) is 0 Å². The lowest BCUT2D eigenvalue weighted by Gasteiger charge is -2.06. The summed E-state index contributed by atoms with van der Waals surface area (Å²) in [6.07, 6.45) is -0.719. The van der Waals surface area contributed by atoms with Gasteiger partial charge >= 0.3 is 0 Å². The van der Waals surface area contributed by atoms with Crippen LogP contribution in [0.15, 0.2) is 0 Å². The van der Waals surface area contributed by atoms with Crippen molar-refractivity contribution in [3.05, 3.63) is 0 Å². The van der Waals surface area contributed by atoms with E-state index in [-0.39, 0.29) is 0 Å². The van der Waals surface area contributed by atoms with Gasteiger partial charge in [-0.05, 0) is 19.4 Å². The summed E-state index contributed by atoms with van der Waals surface area (Å²) in [5.41, 5.74) is 0. The van der Waals surface area contributed by atoms with Gasteiger partial charge in [-0.25, -0.2) is 4.39 Å². The molecule has 1 N–H and O–H groups in total. The number of alkyl halides is 1. The van der Waals surface area contributed by atoms with E-state index >= 15 is 0 Å². The molecule has 1 nitrogen and oxygen atoms in total. The lowest BCUT2D eigenvalue weighted by atomic mass is 10.2. The summed E-state index contributed by atoms with van der Waals surface area (Å²) < 4.78 is 12.1. The lowest BCUT2D eigenvalue weighted by molar-refractivity contribution is 0.339. The number of hydrogen-bond acceptors (Lipinski definition) is 1. The topological polar surface area (TPSA) is 12.0 Å². The second kappa shape index (κ2) is 4.74. The van der Waals surface area contributed by atoms with Crippen molar-refractivity contribution in [2.45, 2.75) is 26.9 Å². The van der Waals surface area contributed by atoms with Gasteiger partial charge in [0.15, 0.2) is 0 Å². The summed E-state index contributed by atoms with van der Waals surface area (Å²) >= 11 is 0. The van der Waals surface area contributed by atoms with E-state index in [0.29, 0.717) is 12.5 Å². The monoisotopic (exact) mass is 133 g/mol. The summed E-state index contributed by atoms with van der Waals surface area (Å²) in [7, 11) is 0. The Balaban J connectivity index is 2.91. The van der Waals surface area contributed by atoms with Crippen molar-refractivity contribution in [2.24, 2.45) is 5.92 Å². The molecule has 0 bridgehead atoms. The number of nitrogens with one attached hydrogen (secondary N) is 1. The molecule has 0 aromatic carbocycles. The molecule has 0 aliphatic rings. The van der Waals surface area contributed by atoms with Gasteiger partial charge in [-0.2, -0.15) is 0 Å². The average Bonchev–Trinajstić information content (AvgIpc) is 1.63. The second-order valence-corrected chi connectivity index (χ2v) is 2.83. The first kappa shape index (κ1) is 8.89. The third-order valence-electron chi connectivity index (χ3n) is 0.978. The van der Waals surface area contributed by atoms with Gasteiger partial charge in [-0.3, -0.25) is 0 Å². The van der Waals surface area contributed by atoms with E-state index < -0.39 is 6.17 Å². The first-order chi connectivity index (χ1) is 4.13. The Morgan fingerprint density at radius 3 is 2.11 bits per heavy atom. The second-order valence-electron chi connectivity index (χ2n) is 2.83. The minimum Gasteiger partial charge on any atom is -0.314 e. The molecule has 0 spiro atoms. The van der Waals surface area contributed by atoms with Crippen molar-refractivity contribution < 1.29 is 4.39 Å². The molecule has 56 valence electrons. The maximum absolute atomic E-state index is 12.1. The van der Waals surface area contributed by atoms with Crippen LogP contribution >= 0.6 is 0 Å². The fourth-order valence-electron chi connectivity index (χ4n) is 0.571. The number of rotatable bonds is 4. The highest BCUT2D eigenvalue weighted by molar-refractivity contribution is 4.54. The van der Waals surface area contributed by atoms with Crippen LogP contribution in [0.2, 0.25) is 0 Å². The Morgan fingerprint density at radius 2 is 1.78 bits per heavy atom. The highest BCUT2D eigenvalue weighted by atomic mass is 19.1. The molecule has 0 saturated carbocycles. The van der Waals surface area contributed by atoms with Crippen LogP contribution in [0.3, 0.4) is 0 Å². The Morgan fingerprint density at radius 1 is 1.22 bits per heavy atom. The third kappa shape index (κ3) is 7.89. The minimum absolute atomic E-state index is 0.484. The Labute approximate surface area is 56.6 Å². The molecule has 1 unspecified atom stereocenters. The lowest BCUT2D eigenvalue weighted by Crippen LogP contribution is -2.25. The largest absolute Gasteiger partial charge is 0.314 e. The highest BCUT2D eigenvalue weighted by Gasteiger charge is 1.96. The van der Waals surface area contributed by atoms with Gasteiger partial charge in [0.05, 0.1) is 0 Å². The van der Waals surface area contributed by atoms with Crippen LogP contribution in [0.4, 0.5) is 4.39 Å². The first-order valence-electron chi connectivity index (χ1n) is 3.47. The standard InChI is InChI=1S/C7H16FN/c1-6(2)4-9-5-7(3)8/h6-7,9H,4-5H2,1-3H3. The molecule has 0 radical (unpaired) electrons. The van der Waals surface area contributed by atoms with Crippen LogP contribution in [0, 0.1) is 5.92 Å². The fourth-order valence-corrected chi connectivity index (χ4v) is 0.571. The SMILES string of the molecule is CC(C)CNCC(C)F. The van der Waals surface area contributed by atoms with Crippen molar-refractivity contribution in [3.8, 4) is 0 Å². The van der Waals surface area contributed by atoms with E-state index in [1.165, 1.54) is 0 Å². The Hall–Kier alpha value is -0.110. The molecule has 0 aromatic rings. The summed E-state index contributed by atoms with van der Waals surface area (Å²) in [5.74, 6) is 0.615. The van der Waals surface area contributed by atoms with Gasteiger partial charge in [0, 0.05) is 6.54 Å². The molecule has 0 saturated heterocycles. The Kier molecular flexibility index (Phi) is 4.68. The number of hydrogen-bond donors (Lipinski definition) is 1. The van der Waals surface area contributed by atoms with Gasteiger partial charge in [-0.1, -0.05) is 13.8 Å². The molecule has 0 aliphatic heterocycles. The maximum atomic E-state index is 12.1. The van der Waals surface area contributed by atoms with Gasteiger partial charge < -0.3 is 5.32 Å². The molecule has 0 fully saturated rings. The zero-order valence-electron chi connectivity index (χ0n) is 6.45. The van der Waals surface area contributed by atoms with Crippen LogP contribution in [0.1, 0.15) is 20.8 Å². The van der Waals surface area contributed by atoms with E-state index in [4.69, 9.17) is 0 Å². The predicted molar refractivity (Wildman–Crippen MR) is 38.3 cm³/mol. The molecular formula is C7H16FN. The van der Waals surface area contributed by atoms with Crippen LogP contribution < -0.4 is 5.32 Å². The smallest absolute Gasteiger partial charge is 0.110 e. The summed E-state index contributed by atoms with van der Waals surface area (Å²) in [5, 5.41) is 3.01. The van der Waals surface area contributed by atoms with Crippen LogP contribution in [-0.4, -0.2) is 19.3 Å². The Bertz CT molecular complexity index is 53.9. The third-order valence-corrected chi connectivity index (χ3v) is 0.978. The van der Waals surface area contributed by atoms with Crippen molar-refractivity contribution in [3.63, 3.8) is 0 Å². The summed E-state index contributed by atoms with van der Waals surface area (Å²) in [4.78, 5) is 0. The van der Waals surface area contributed by atoms with Gasteiger partial charge in [0.25, 0.3) is 0 Å². The molecule has 9 heavy (non-hydrogen) atoms. The number of halogens is 1. The van der Waals surface area contributed by atoms with Crippen molar-refractivity contribution in [1.29, 1.82) is 0 Å². The molecule has 0 amide bonds. The van der Waals surface area contributed by atoms with E-state index in [1.807, 2.05) is 0 Å². The highest BCUT2D eigenvalue weighted by Crippen LogP contribution is 1.88. The van der Waals surface area contributed by atoms with Gasteiger partial charge in [-0.15, -0.1) is 0 Å². The molecule has 0 aromatic heterocycles. The van der Waals surface area contributed by atoms with Crippen molar-refractivity contribution in [2.75, 3.05) is 13.1 Å². The van der Waals surface area contributed by atoms with Crippen molar-refractivity contribution in [1.82, 2.24) is 5.32 Å². The van der Waals surface area contributed by atoms with Crippen LogP contribution in [0.25, 0.3) is 0 Å².